The van der Waals surface area contributed by atoms with Crippen LogP contribution in [0.4, 0.5) is 0 Å². The summed E-state index contributed by atoms with van der Waals surface area (Å²) in [4.78, 5) is 0. The molecule has 48 heavy (non-hydrogen) atoms. The molecular weight excluding hydrogens is 658 g/mol. The number of methoxy groups -OCH3 is 2. The molecule has 272 valence electrons. The van der Waals surface area contributed by atoms with E-state index in [9.17, 15) is 19.3 Å². The van der Waals surface area contributed by atoms with Crippen LogP contribution in [0.1, 0.15) is 104 Å². The van der Waals surface area contributed by atoms with Gasteiger partial charge in [0.1, 0.15) is 34.6 Å². The molecule has 1 fully saturated rings. The molecule has 0 heterocycles. The summed E-state index contributed by atoms with van der Waals surface area (Å²) in [5, 5.41) is 29.3. The lowest BCUT2D eigenvalue weighted by molar-refractivity contribution is 0.124. The van der Waals surface area contributed by atoms with Crippen molar-refractivity contribution in [3.05, 3.63) is 47.5 Å². The molecule has 0 amide bonds. The minimum absolute atomic E-state index is 0.104. The van der Waals surface area contributed by atoms with Crippen LogP contribution in [0.15, 0.2) is 36.4 Å². The standard InChI is InChI=1S/C34H56N2O10P2/c1-21(2)43-47(39,44-22(3)4)33(27-19-25(41-9)15-17-31(27)37)35-29-13-11-12-14-30(29)36-34(28-20-26(42-10)16-18-32(28)38)48(40,45-23(5)6)46-24(7)8/h15-24,29-30,33-38H,11-14H2,1-10H3/t29-,30-,33-,34-/m1/s1. The topological polar surface area (TPSA) is 154 Å². The molecule has 0 spiro atoms. The van der Waals surface area contributed by atoms with E-state index in [1.807, 2.05) is 0 Å². The number of hydrogen-bond donors (Lipinski definition) is 4. The van der Waals surface area contributed by atoms with E-state index < -0.39 is 63.3 Å². The lowest BCUT2D eigenvalue weighted by Gasteiger charge is -2.41. The lowest BCUT2D eigenvalue weighted by atomic mass is 9.89. The van der Waals surface area contributed by atoms with Gasteiger partial charge in [0, 0.05) is 23.2 Å². The van der Waals surface area contributed by atoms with E-state index in [1.165, 1.54) is 26.4 Å². The summed E-state index contributed by atoms with van der Waals surface area (Å²) in [6.07, 6.45) is 1.15. The van der Waals surface area contributed by atoms with Gasteiger partial charge in [-0.1, -0.05) is 12.8 Å². The molecule has 12 nitrogen and oxygen atoms in total. The summed E-state index contributed by atoms with van der Waals surface area (Å²) < 4.78 is 64.8. The first-order valence-corrected chi connectivity index (χ1v) is 19.9. The third-order valence-electron chi connectivity index (χ3n) is 7.63. The maximum absolute atomic E-state index is 14.8. The van der Waals surface area contributed by atoms with Crippen molar-refractivity contribution in [3.8, 4) is 23.0 Å². The molecule has 3 rings (SSSR count). The van der Waals surface area contributed by atoms with Gasteiger partial charge in [0.25, 0.3) is 0 Å². The maximum atomic E-state index is 14.8. The third kappa shape index (κ3) is 10.7. The van der Waals surface area contributed by atoms with Crippen LogP contribution in [0.2, 0.25) is 0 Å². The van der Waals surface area contributed by atoms with Crippen molar-refractivity contribution in [2.24, 2.45) is 0 Å². The molecule has 0 saturated heterocycles. The Labute approximate surface area is 286 Å². The van der Waals surface area contributed by atoms with Gasteiger partial charge in [0.05, 0.1) is 38.6 Å². The summed E-state index contributed by atoms with van der Waals surface area (Å²) >= 11 is 0. The molecule has 0 radical (unpaired) electrons. The zero-order valence-electron chi connectivity index (χ0n) is 30.0. The highest BCUT2D eigenvalue weighted by atomic mass is 31.2. The predicted molar refractivity (Wildman–Crippen MR) is 187 cm³/mol. The number of benzene rings is 2. The number of aromatic hydroxyl groups is 2. The van der Waals surface area contributed by atoms with Crippen LogP contribution >= 0.6 is 15.2 Å². The van der Waals surface area contributed by atoms with Crippen LogP contribution in [0.3, 0.4) is 0 Å². The Bertz CT molecular complexity index is 1290. The Kier molecular flexibility index (Phi) is 14.8. The number of rotatable bonds is 18. The summed E-state index contributed by atoms with van der Waals surface area (Å²) in [7, 11) is -4.99. The maximum Gasteiger partial charge on any atom is 0.352 e. The summed E-state index contributed by atoms with van der Waals surface area (Å²) in [6, 6.07) is 8.66. The number of phenols is 2. The Morgan fingerprint density at radius 3 is 1.19 bits per heavy atom. The van der Waals surface area contributed by atoms with Crippen molar-refractivity contribution in [3.63, 3.8) is 0 Å². The van der Waals surface area contributed by atoms with Crippen LogP contribution in [0, 0.1) is 0 Å². The van der Waals surface area contributed by atoms with Gasteiger partial charge >= 0.3 is 15.2 Å². The first-order valence-electron chi connectivity index (χ1n) is 16.7. The van der Waals surface area contributed by atoms with Gasteiger partial charge in [0.2, 0.25) is 0 Å². The summed E-state index contributed by atoms with van der Waals surface area (Å²) in [5.41, 5.74) is 0.588. The monoisotopic (exact) mass is 714 g/mol. The number of nitrogens with one attached hydrogen (secondary N) is 2. The fourth-order valence-electron chi connectivity index (χ4n) is 5.86. The van der Waals surface area contributed by atoms with Crippen LogP contribution in [-0.2, 0) is 27.2 Å². The molecule has 4 N–H and O–H groups in total. The molecular formula is C34H56N2O10P2. The Hall–Kier alpha value is -2.14. The van der Waals surface area contributed by atoms with Gasteiger partial charge in [0.15, 0.2) is 0 Å². The quantitative estimate of drug-likeness (QED) is 0.110. The average Bonchev–Trinajstić information content (AvgIpc) is 2.98. The van der Waals surface area contributed by atoms with Gasteiger partial charge in [-0.25, -0.2) is 0 Å². The highest BCUT2D eigenvalue weighted by molar-refractivity contribution is 7.54. The summed E-state index contributed by atoms with van der Waals surface area (Å²) in [6.45, 7) is 14.2. The number of ether oxygens (including phenoxy) is 2. The molecule has 2 aromatic rings. The first-order chi connectivity index (χ1) is 22.5. The summed E-state index contributed by atoms with van der Waals surface area (Å²) in [5.74, 6) is -1.49. The van der Waals surface area contributed by atoms with E-state index >= 15 is 0 Å². The second-order valence-corrected chi connectivity index (χ2v) is 17.2. The zero-order chi connectivity index (χ0) is 35.8. The first kappa shape index (κ1) is 40.3. The van der Waals surface area contributed by atoms with Gasteiger partial charge < -0.3 is 37.8 Å². The second kappa shape index (κ2) is 17.7. The van der Waals surface area contributed by atoms with Crippen molar-refractivity contribution in [2.45, 2.75) is 129 Å². The van der Waals surface area contributed by atoms with E-state index in [4.69, 9.17) is 27.6 Å². The molecule has 2 aromatic carbocycles. The van der Waals surface area contributed by atoms with E-state index in [2.05, 4.69) is 10.6 Å². The molecule has 1 aliphatic carbocycles. The van der Waals surface area contributed by atoms with E-state index in [0.717, 1.165) is 12.8 Å². The van der Waals surface area contributed by atoms with Crippen LogP contribution in [0.5, 0.6) is 23.0 Å². The Morgan fingerprint density at radius 1 is 0.604 bits per heavy atom. The fraction of sp³-hybridized carbons (Fsp3) is 0.647. The van der Waals surface area contributed by atoms with Crippen molar-refractivity contribution in [1.29, 1.82) is 0 Å². The van der Waals surface area contributed by atoms with E-state index in [1.54, 1.807) is 79.7 Å². The van der Waals surface area contributed by atoms with Crippen LogP contribution in [-0.4, -0.2) is 60.9 Å². The smallest absolute Gasteiger partial charge is 0.352 e. The van der Waals surface area contributed by atoms with Crippen molar-refractivity contribution in [1.82, 2.24) is 10.6 Å². The highest BCUT2D eigenvalue weighted by Gasteiger charge is 2.46. The second-order valence-electron chi connectivity index (χ2n) is 13.2. The van der Waals surface area contributed by atoms with Gasteiger partial charge in [-0.2, -0.15) is 0 Å². The van der Waals surface area contributed by atoms with Crippen molar-refractivity contribution in [2.75, 3.05) is 14.2 Å². The Balaban J connectivity index is 2.18. The van der Waals surface area contributed by atoms with E-state index in [0.29, 0.717) is 35.5 Å². The molecule has 1 aliphatic rings. The Morgan fingerprint density at radius 2 is 0.917 bits per heavy atom. The normalized spacial score (nSPS) is 18.9. The van der Waals surface area contributed by atoms with Gasteiger partial charge in [-0.15, -0.1) is 0 Å². The molecule has 0 aliphatic heterocycles. The number of hydrogen-bond acceptors (Lipinski definition) is 12. The van der Waals surface area contributed by atoms with Crippen LogP contribution < -0.4 is 20.1 Å². The fourth-order valence-corrected chi connectivity index (χ4v) is 10.6. The van der Waals surface area contributed by atoms with E-state index in [-0.39, 0.29) is 11.5 Å². The van der Waals surface area contributed by atoms with Crippen LogP contribution in [0.25, 0.3) is 0 Å². The van der Waals surface area contributed by atoms with Gasteiger partial charge in [-0.05, 0) is 105 Å². The predicted octanol–water partition coefficient (Wildman–Crippen LogP) is 8.39. The van der Waals surface area contributed by atoms with Crippen molar-refractivity contribution >= 4 is 15.2 Å². The lowest BCUT2D eigenvalue weighted by Crippen LogP contribution is -2.52. The average molecular weight is 715 g/mol. The highest BCUT2D eigenvalue weighted by Crippen LogP contribution is 2.64. The SMILES string of the molecule is COc1ccc(O)c([C@H](N[C@@H]2CCCC[C@H]2N[C@@H](c2cc(OC)ccc2O)P(=O)(OC(C)C)OC(C)C)P(=O)(OC(C)C)OC(C)C)c1. The minimum Gasteiger partial charge on any atom is -0.508 e. The molecule has 0 aromatic heterocycles. The minimum atomic E-state index is -4.01. The molecule has 4 atom stereocenters. The molecule has 14 heteroatoms. The van der Waals surface area contributed by atoms with Crippen molar-refractivity contribution < 1.29 is 46.9 Å². The third-order valence-corrected chi connectivity index (χ3v) is 12.6. The molecule has 1 saturated carbocycles. The molecule has 0 bridgehead atoms. The molecule has 0 unspecified atom stereocenters. The zero-order valence-corrected chi connectivity index (χ0v) is 31.8. The largest absolute Gasteiger partial charge is 0.508 e. The number of phenolic OH excluding ortho intramolecular Hbond substituents is 2. The van der Waals surface area contributed by atoms with Gasteiger partial charge in [-0.3, -0.25) is 19.8 Å².